The summed E-state index contributed by atoms with van der Waals surface area (Å²) in [6, 6.07) is 9.98. The van der Waals surface area contributed by atoms with Gasteiger partial charge in [-0.1, -0.05) is 12.1 Å². The average Bonchev–Trinajstić information content (AvgIpc) is 2.82. The lowest BCUT2D eigenvalue weighted by Crippen LogP contribution is -2.22. The van der Waals surface area contributed by atoms with Crippen molar-refractivity contribution in [3.63, 3.8) is 0 Å². The molecule has 0 radical (unpaired) electrons. The van der Waals surface area contributed by atoms with Gasteiger partial charge in [0, 0.05) is 6.54 Å². The summed E-state index contributed by atoms with van der Waals surface area (Å²) < 4.78 is 0. The zero-order valence-corrected chi connectivity index (χ0v) is 10.1. The number of hydrogen-bond acceptors (Lipinski definition) is 3. The summed E-state index contributed by atoms with van der Waals surface area (Å²) in [4.78, 5) is 0. The van der Waals surface area contributed by atoms with Crippen LogP contribution in [0.1, 0.15) is 17.5 Å². The molecule has 3 heteroatoms. The molecule has 0 amide bonds. The van der Waals surface area contributed by atoms with Crippen molar-refractivity contribution in [1.82, 2.24) is 5.32 Å². The van der Waals surface area contributed by atoms with Crippen molar-refractivity contribution < 1.29 is 0 Å². The van der Waals surface area contributed by atoms with E-state index in [0.717, 1.165) is 24.6 Å². The standard InChI is InChI=1S/C13H16N2S/c14-7-11-2-1-3-12(6-11)8-15-9-13-4-5-16-10-13/h1-3,6,13,15H,4-5,8-10H2. The molecule has 0 saturated carbocycles. The summed E-state index contributed by atoms with van der Waals surface area (Å²) in [7, 11) is 0. The SMILES string of the molecule is N#Cc1cccc(CNCC2CCSC2)c1. The molecule has 1 atom stereocenters. The Hall–Kier alpha value is -0.980. The lowest BCUT2D eigenvalue weighted by Gasteiger charge is -2.09. The van der Waals surface area contributed by atoms with Crippen molar-refractivity contribution in [3.05, 3.63) is 35.4 Å². The number of benzene rings is 1. The van der Waals surface area contributed by atoms with Crippen LogP contribution in [0.25, 0.3) is 0 Å². The normalized spacial score (nSPS) is 19.6. The Labute approximate surface area is 101 Å². The fraction of sp³-hybridized carbons (Fsp3) is 0.462. The Morgan fingerprint density at radius 1 is 1.50 bits per heavy atom. The van der Waals surface area contributed by atoms with E-state index in [0.29, 0.717) is 0 Å². The van der Waals surface area contributed by atoms with E-state index in [4.69, 9.17) is 5.26 Å². The zero-order valence-electron chi connectivity index (χ0n) is 9.28. The zero-order chi connectivity index (χ0) is 11.2. The summed E-state index contributed by atoms with van der Waals surface area (Å²) in [6.07, 6.45) is 1.34. The first-order valence-electron chi connectivity index (χ1n) is 5.66. The maximum Gasteiger partial charge on any atom is 0.0991 e. The Morgan fingerprint density at radius 2 is 2.44 bits per heavy atom. The first kappa shape index (κ1) is 11.5. The van der Waals surface area contributed by atoms with Gasteiger partial charge in [0.1, 0.15) is 0 Å². The van der Waals surface area contributed by atoms with E-state index in [2.05, 4.69) is 29.2 Å². The van der Waals surface area contributed by atoms with Gasteiger partial charge in [-0.05, 0) is 48.1 Å². The average molecular weight is 232 g/mol. The molecule has 0 aromatic heterocycles. The van der Waals surface area contributed by atoms with Crippen LogP contribution in [0.5, 0.6) is 0 Å². The summed E-state index contributed by atoms with van der Waals surface area (Å²) in [5.41, 5.74) is 1.94. The predicted octanol–water partition coefficient (Wildman–Crippen LogP) is 2.40. The number of rotatable bonds is 4. The Balaban J connectivity index is 1.78. The smallest absolute Gasteiger partial charge is 0.0991 e. The number of thioether (sulfide) groups is 1. The molecule has 2 nitrogen and oxygen atoms in total. The minimum absolute atomic E-state index is 0.746. The van der Waals surface area contributed by atoms with Gasteiger partial charge < -0.3 is 5.32 Å². The molecular weight excluding hydrogens is 216 g/mol. The number of nitrogens with zero attached hydrogens (tertiary/aromatic N) is 1. The van der Waals surface area contributed by atoms with E-state index in [1.165, 1.54) is 23.5 Å². The van der Waals surface area contributed by atoms with E-state index < -0.39 is 0 Å². The van der Waals surface area contributed by atoms with Gasteiger partial charge >= 0.3 is 0 Å². The molecular formula is C13H16N2S. The Kier molecular flexibility index (Phi) is 4.26. The molecule has 1 aliphatic heterocycles. The first-order valence-corrected chi connectivity index (χ1v) is 6.81. The molecule has 84 valence electrons. The fourth-order valence-corrected chi connectivity index (χ4v) is 3.20. The van der Waals surface area contributed by atoms with Crippen LogP contribution in [-0.4, -0.2) is 18.1 Å². The van der Waals surface area contributed by atoms with Crippen LogP contribution >= 0.6 is 11.8 Å². The van der Waals surface area contributed by atoms with Gasteiger partial charge in [-0.15, -0.1) is 0 Å². The van der Waals surface area contributed by atoms with Gasteiger partial charge in [-0.3, -0.25) is 0 Å². The minimum atomic E-state index is 0.746. The molecule has 1 aromatic carbocycles. The van der Waals surface area contributed by atoms with Gasteiger partial charge in [0.15, 0.2) is 0 Å². The monoisotopic (exact) mass is 232 g/mol. The minimum Gasteiger partial charge on any atom is -0.312 e. The topological polar surface area (TPSA) is 35.8 Å². The molecule has 0 bridgehead atoms. The van der Waals surface area contributed by atoms with E-state index in [1.54, 1.807) is 0 Å². The summed E-state index contributed by atoms with van der Waals surface area (Å²) >= 11 is 2.05. The Morgan fingerprint density at radius 3 is 3.19 bits per heavy atom. The Bertz CT molecular complexity index is 378. The first-order chi connectivity index (χ1) is 7.88. The van der Waals surface area contributed by atoms with E-state index >= 15 is 0 Å². The van der Waals surface area contributed by atoms with Crippen LogP contribution in [-0.2, 0) is 6.54 Å². The van der Waals surface area contributed by atoms with Crippen LogP contribution in [0.4, 0.5) is 0 Å². The summed E-state index contributed by atoms with van der Waals surface area (Å²) in [5.74, 6) is 3.45. The molecule has 1 aliphatic rings. The van der Waals surface area contributed by atoms with Crippen LogP contribution in [0.3, 0.4) is 0 Å². The molecule has 1 aromatic rings. The predicted molar refractivity (Wildman–Crippen MR) is 68.3 cm³/mol. The lowest BCUT2D eigenvalue weighted by molar-refractivity contribution is 0.523. The highest BCUT2D eigenvalue weighted by Crippen LogP contribution is 2.22. The highest BCUT2D eigenvalue weighted by molar-refractivity contribution is 7.99. The maximum absolute atomic E-state index is 8.79. The van der Waals surface area contributed by atoms with Crippen LogP contribution in [0, 0.1) is 17.2 Å². The largest absolute Gasteiger partial charge is 0.312 e. The molecule has 1 N–H and O–H groups in total. The molecule has 2 rings (SSSR count). The molecule has 1 heterocycles. The van der Waals surface area contributed by atoms with Crippen molar-refractivity contribution in [2.75, 3.05) is 18.1 Å². The van der Waals surface area contributed by atoms with Gasteiger partial charge in [0.05, 0.1) is 11.6 Å². The van der Waals surface area contributed by atoms with E-state index in [1.807, 2.05) is 18.2 Å². The number of hydrogen-bond donors (Lipinski definition) is 1. The van der Waals surface area contributed by atoms with Crippen molar-refractivity contribution >= 4 is 11.8 Å². The maximum atomic E-state index is 8.79. The van der Waals surface area contributed by atoms with Crippen molar-refractivity contribution in [1.29, 1.82) is 5.26 Å². The van der Waals surface area contributed by atoms with Crippen molar-refractivity contribution in [2.24, 2.45) is 5.92 Å². The van der Waals surface area contributed by atoms with Gasteiger partial charge in [0.2, 0.25) is 0 Å². The number of nitrogens with one attached hydrogen (secondary N) is 1. The molecule has 1 fully saturated rings. The second kappa shape index (κ2) is 5.93. The third kappa shape index (κ3) is 3.26. The van der Waals surface area contributed by atoms with Crippen LogP contribution < -0.4 is 5.32 Å². The fourth-order valence-electron chi connectivity index (χ4n) is 1.92. The second-order valence-electron chi connectivity index (χ2n) is 4.17. The van der Waals surface area contributed by atoms with Gasteiger partial charge in [0.25, 0.3) is 0 Å². The van der Waals surface area contributed by atoms with Gasteiger partial charge in [-0.25, -0.2) is 0 Å². The van der Waals surface area contributed by atoms with E-state index in [9.17, 15) is 0 Å². The summed E-state index contributed by atoms with van der Waals surface area (Å²) in [6.45, 7) is 1.97. The molecule has 0 aliphatic carbocycles. The quantitative estimate of drug-likeness (QED) is 0.866. The van der Waals surface area contributed by atoms with Crippen LogP contribution in [0.15, 0.2) is 24.3 Å². The molecule has 0 spiro atoms. The van der Waals surface area contributed by atoms with Gasteiger partial charge in [-0.2, -0.15) is 17.0 Å². The molecule has 1 saturated heterocycles. The second-order valence-corrected chi connectivity index (χ2v) is 5.32. The molecule has 16 heavy (non-hydrogen) atoms. The van der Waals surface area contributed by atoms with Crippen molar-refractivity contribution in [2.45, 2.75) is 13.0 Å². The molecule has 1 unspecified atom stereocenters. The van der Waals surface area contributed by atoms with Crippen LogP contribution in [0.2, 0.25) is 0 Å². The third-order valence-electron chi connectivity index (χ3n) is 2.84. The lowest BCUT2D eigenvalue weighted by atomic mass is 10.1. The number of nitriles is 1. The van der Waals surface area contributed by atoms with Crippen molar-refractivity contribution in [3.8, 4) is 6.07 Å². The third-order valence-corrected chi connectivity index (χ3v) is 4.07. The van der Waals surface area contributed by atoms with E-state index in [-0.39, 0.29) is 0 Å². The summed E-state index contributed by atoms with van der Waals surface area (Å²) in [5, 5.41) is 12.3. The highest BCUT2D eigenvalue weighted by Gasteiger charge is 2.14. The highest BCUT2D eigenvalue weighted by atomic mass is 32.2.